The molecule has 8 heteroatoms. The summed E-state index contributed by atoms with van der Waals surface area (Å²) in [5, 5.41) is 30.1. The maximum absolute atomic E-state index is 13.8. The molecule has 3 unspecified atom stereocenters. The normalized spacial score (nSPS) is 19.7. The van der Waals surface area contributed by atoms with Crippen LogP contribution in [0.25, 0.3) is 34.1 Å². The Balaban J connectivity index is 1.23. The second-order valence-electron chi connectivity index (χ2n) is 11.0. The molecule has 0 radical (unpaired) electrons. The highest BCUT2D eigenvalue weighted by Gasteiger charge is 2.53. The lowest BCUT2D eigenvalue weighted by Crippen LogP contribution is -2.35. The largest absolute Gasteiger partial charge is 0.508 e. The quantitative estimate of drug-likeness (QED) is 0.136. The number of phenols is 3. The Bertz CT molecular complexity index is 2020. The summed E-state index contributed by atoms with van der Waals surface area (Å²) in [5.74, 6) is 0.365. The SMILES string of the molecule is O=S(=O)(Oc1cccc2ccccc12)C1CC2OC1C(c1ccc(/C=C/c3cc(O)cc(O)c3)cc1)=C2c1ccc(O)cc1. The van der Waals surface area contributed by atoms with Gasteiger partial charge in [-0.15, -0.1) is 0 Å². The average Bonchev–Trinajstić information content (AvgIpc) is 3.61. The van der Waals surface area contributed by atoms with E-state index in [1.165, 1.54) is 6.07 Å². The van der Waals surface area contributed by atoms with Crippen molar-refractivity contribution < 1.29 is 32.7 Å². The van der Waals surface area contributed by atoms with Crippen molar-refractivity contribution in [2.24, 2.45) is 0 Å². The molecule has 2 heterocycles. The van der Waals surface area contributed by atoms with Crippen LogP contribution in [0.5, 0.6) is 23.0 Å². The Labute approximate surface area is 254 Å². The zero-order valence-corrected chi connectivity index (χ0v) is 24.2. The molecular weight excluding hydrogens is 576 g/mol. The lowest BCUT2D eigenvalue weighted by Gasteiger charge is -2.25. The van der Waals surface area contributed by atoms with Crippen molar-refractivity contribution >= 4 is 44.2 Å². The van der Waals surface area contributed by atoms with Crippen molar-refractivity contribution in [1.29, 1.82) is 0 Å². The summed E-state index contributed by atoms with van der Waals surface area (Å²) in [6, 6.07) is 31.7. The van der Waals surface area contributed by atoms with Crippen LogP contribution in [-0.4, -0.2) is 41.2 Å². The first kappa shape index (κ1) is 27.8. The van der Waals surface area contributed by atoms with Gasteiger partial charge in [0.1, 0.15) is 34.4 Å². The summed E-state index contributed by atoms with van der Waals surface area (Å²) in [5.41, 5.74) is 4.85. The van der Waals surface area contributed by atoms with E-state index in [1.807, 2.05) is 72.8 Å². The molecule has 44 heavy (non-hydrogen) atoms. The third-order valence-corrected chi connectivity index (χ3v) is 9.70. The molecule has 3 atom stereocenters. The van der Waals surface area contributed by atoms with E-state index in [9.17, 15) is 23.7 Å². The average molecular weight is 605 g/mol. The Hall–Kier alpha value is -5.05. The molecule has 0 amide bonds. The summed E-state index contributed by atoms with van der Waals surface area (Å²) in [6.07, 6.45) is 2.67. The highest BCUT2D eigenvalue weighted by molar-refractivity contribution is 7.87. The third kappa shape index (κ3) is 5.19. The number of benzene rings is 5. The van der Waals surface area contributed by atoms with Crippen LogP contribution in [0.1, 0.15) is 28.7 Å². The fourth-order valence-electron chi connectivity index (χ4n) is 6.13. The number of rotatable bonds is 7. The number of fused-ring (bicyclic) bond motifs is 3. The number of hydrogen-bond acceptors (Lipinski definition) is 7. The van der Waals surface area contributed by atoms with Crippen LogP contribution in [0.2, 0.25) is 0 Å². The summed E-state index contributed by atoms with van der Waals surface area (Å²) in [4.78, 5) is 0. The van der Waals surface area contributed by atoms with Crippen LogP contribution in [0, 0.1) is 0 Å². The minimum Gasteiger partial charge on any atom is -0.508 e. The smallest absolute Gasteiger partial charge is 0.315 e. The van der Waals surface area contributed by atoms with E-state index in [1.54, 1.807) is 42.5 Å². The number of ether oxygens (including phenoxy) is 1. The molecule has 2 bridgehead atoms. The Morgan fingerprint density at radius 3 is 2.07 bits per heavy atom. The molecular formula is C36H28O7S. The highest BCUT2D eigenvalue weighted by atomic mass is 32.2. The molecule has 5 aromatic carbocycles. The van der Waals surface area contributed by atoms with Crippen molar-refractivity contribution in [3.05, 3.63) is 131 Å². The lowest BCUT2D eigenvalue weighted by molar-refractivity contribution is 0.128. The maximum atomic E-state index is 13.8. The molecule has 2 aliphatic rings. The van der Waals surface area contributed by atoms with Gasteiger partial charge in [0.25, 0.3) is 0 Å². The zero-order chi connectivity index (χ0) is 30.4. The van der Waals surface area contributed by atoms with E-state index >= 15 is 0 Å². The Kier molecular flexibility index (Phi) is 6.88. The van der Waals surface area contributed by atoms with E-state index in [4.69, 9.17) is 8.92 Å². The van der Waals surface area contributed by atoms with E-state index < -0.39 is 27.6 Å². The van der Waals surface area contributed by atoms with Gasteiger partial charge in [-0.1, -0.05) is 84.9 Å². The van der Waals surface area contributed by atoms with Gasteiger partial charge in [-0.05, 0) is 69.1 Å². The van der Waals surface area contributed by atoms with E-state index in [2.05, 4.69) is 0 Å². The Morgan fingerprint density at radius 2 is 1.32 bits per heavy atom. The second-order valence-corrected chi connectivity index (χ2v) is 12.7. The molecule has 0 aromatic heterocycles. The van der Waals surface area contributed by atoms with Gasteiger partial charge in [-0.3, -0.25) is 0 Å². The lowest BCUT2D eigenvalue weighted by atomic mass is 9.83. The molecule has 1 fully saturated rings. The van der Waals surface area contributed by atoms with E-state index in [-0.39, 0.29) is 29.4 Å². The van der Waals surface area contributed by atoms with Gasteiger partial charge in [0.15, 0.2) is 0 Å². The molecule has 0 aliphatic carbocycles. The molecule has 7 nitrogen and oxygen atoms in total. The number of hydrogen-bond donors (Lipinski definition) is 3. The molecule has 1 saturated heterocycles. The number of aromatic hydroxyl groups is 3. The van der Waals surface area contributed by atoms with Crippen LogP contribution in [0.4, 0.5) is 0 Å². The molecule has 0 spiro atoms. The van der Waals surface area contributed by atoms with Gasteiger partial charge in [0.2, 0.25) is 0 Å². The first-order chi connectivity index (χ1) is 21.2. The Morgan fingerprint density at radius 1 is 0.682 bits per heavy atom. The standard InChI is InChI=1S/C36H28O7S/c37-27-16-14-25(15-17-27)34-32-21-33(44(40,41)43-31-7-3-5-24-4-1-2-6-30(24)31)36(42-32)35(34)26-12-10-22(11-13-26)8-9-23-18-28(38)20-29(39)19-23/h1-20,32-33,36-39H,21H2/b9-8+. The van der Waals surface area contributed by atoms with Crippen molar-refractivity contribution in [2.75, 3.05) is 0 Å². The van der Waals surface area contributed by atoms with Crippen LogP contribution < -0.4 is 4.18 Å². The summed E-state index contributed by atoms with van der Waals surface area (Å²) in [6.45, 7) is 0. The number of phenolic OH excluding ortho intramolecular Hbond substituents is 3. The van der Waals surface area contributed by atoms with Gasteiger partial charge in [-0.25, -0.2) is 0 Å². The van der Waals surface area contributed by atoms with E-state index in [0.717, 1.165) is 33.2 Å². The predicted octanol–water partition coefficient (Wildman–Crippen LogP) is 6.99. The monoisotopic (exact) mass is 604 g/mol. The van der Waals surface area contributed by atoms with Gasteiger partial charge in [-0.2, -0.15) is 8.42 Å². The van der Waals surface area contributed by atoms with Crippen molar-refractivity contribution in [1.82, 2.24) is 0 Å². The minimum absolute atomic E-state index is 0.0288. The fourth-order valence-corrected chi connectivity index (χ4v) is 7.56. The molecule has 7 rings (SSSR count). The minimum atomic E-state index is -4.09. The summed E-state index contributed by atoms with van der Waals surface area (Å²) >= 11 is 0. The van der Waals surface area contributed by atoms with Crippen molar-refractivity contribution in [3.8, 4) is 23.0 Å². The summed E-state index contributed by atoms with van der Waals surface area (Å²) < 4.78 is 39.8. The van der Waals surface area contributed by atoms with Crippen molar-refractivity contribution in [2.45, 2.75) is 23.9 Å². The maximum Gasteiger partial charge on any atom is 0.315 e. The molecule has 5 aromatic rings. The molecule has 0 saturated carbocycles. The highest BCUT2D eigenvalue weighted by Crippen LogP contribution is 2.51. The van der Waals surface area contributed by atoms with Gasteiger partial charge >= 0.3 is 10.1 Å². The van der Waals surface area contributed by atoms with Crippen LogP contribution in [-0.2, 0) is 14.9 Å². The topological polar surface area (TPSA) is 113 Å². The predicted molar refractivity (Wildman–Crippen MR) is 171 cm³/mol. The first-order valence-electron chi connectivity index (χ1n) is 14.2. The molecule has 220 valence electrons. The molecule has 3 N–H and O–H groups in total. The van der Waals surface area contributed by atoms with Gasteiger partial charge in [0, 0.05) is 17.9 Å². The first-order valence-corrected chi connectivity index (χ1v) is 15.6. The van der Waals surface area contributed by atoms with Crippen molar-refractivity contribution in [3.63, 3.8) is 0 Å². The fraction of sp³-hybridized carbons (Fsp3) is 0.111. The van der Waals surface area contributed by atoms with Crippen LogP contribution in [0.3, 0.4) is 0 Å². The second kappa shape index (κ2) is 10.9. The van der Waals surface area contributed by atoms with Crippen LogP contribution >= 0.6 is 0 Å². The van der Waals surface area contributed by atoms with Crippen LogP contribution in [0.15, 0.2) is 109 Å². The third-order valence-electron chi connectivity index (χ3n) is 8.11. The van der Waals surface area contributed by atoms with Gasteiger partial charge < -0.3 is 24.2 Å². The molecule has 2 aliphatic heterocycles. The zero-order valence-electron chi connectivity index (χ0n) is 23.4. The van der Waals surface area contributed by atoms with Gasteiger partial charge in [0.05, 0.1) is 6.10 Å². The summed E-state index contributed by atoms with van der Waals surface area (Å²) in [7, 11) is -4.09. The van der Waals surface area contributed by atoms with E-state index in [0.29, 0.717) is 10.9 Å².